The van der Waals surface area contributed by atoms with Gasteiger partial charge < -0.3 is 10.7 Å². The molecular formula is C9H6N6OS. The van der Waals surface area contributed by atoms with Gasteiger partial charge in [-0.05, 0) is 17.8 Å². The number of aromatic nitrogens is 4. The number of rotatable bonds is 2. The molecule has 0 spiro atoms. The number of H-pyrrole nitrogens is 1. The Hall–Kier alpha value is -2.40. The first kappa shape index (κ1) is 11.1. The van der Waals surface area contributed by atoms with Crippen LogP contribution in [0.15, 0.2) is 33.4 Å². The number of nitriles is 1. The molecule has 2 heterocycles. The van der Waals surface area contributed by atoms with Crippen LogP contribution < -0.4 is 11.3 Å². The molecule has 7 nitrogen and oxygen atoms in total. The highest BCUT2D eigenvalue weighted by atomic mass is 32.2. The molecule has 17 heavy (non-hydrogen) atoms. The quantitative estimate of drug-likeness (QED) is 0.724. The zero-order valence-corrected chi connectivity index (χ0v) is 9.23. The molecule has 2 aromatic rings. The summed E-state index contributed by atoms with van der Waals surface area (Å²) in [6.45, 7) is 0. The van der Waals surface area contributed by atoms with Gasteiger partial charge in [-0.15, -0.1) is 0 Å². The lowest BCUT2D eigenvalue weighted by atomic mass is 10.5. The maximum absolute atomic E-state index is 11.1. The van der Waals surface area contributed by atoms with E-state index in [1.807, 2.05) is 6.07 Å². The average molecular weight is 246 g/mol. The summed E-state index contributed by atoms with van der Waals surface area (Å²) in [5, 5.41) is 9.27. The zero-order chi connectivity index (χ0) is 12.3. The lowest BCUT2D eigenvalue weighted by Gasteiger charge is -1.99. The van der Waals surface area contributed by atoms with Crippen LogP contribution in [0.25, 0.3) is 0 Å². The first-order valence-electron chi connectivity index (χ1n) is 4.45. The third kappa shape index (κ3) is 2.79. The van der Waals surface area contributed by atoms with Gasteiger partial charge in [-0.2, -0.15) is 5.26 Å². The molecule has 0 atom stereocenters. The molecule has 0 amide bonds. The molecule has 3 N–H and O–H groups in total. The van der Waals surface area contributed by atoms with Crippen LogP contribution in [0, 0.1) is 11.3 Å². The van der Waals surface area contributed by atoms with E-state index in [1.165, 1.54) is 18.3 Å². The summed E-state index contributed by atoms with van der Waals surface area (Å²) in [6.07, 6.45) is 1.46. The van der Waals surface area contributed by atoms with E-state index >= 15 is 0 Å². The number of aromatic amines is 1. The summed E-state index contributed by atoms with van der Waals surface area (Å²) in [5.41, 5.74) is 5.33. The van der Waals surface area contributed by atoms with Gasteiger partial charge in [0.05, 0.1) is 0 Å². The standard InChI is InChI=1S/C9H6N6OS/c10-4-5-1-2-12-8(13-5)17-9-14-6(11)3-7(16)15-9/h1-3H,(H3,11,14,15,16). The highest BCUT2D eigenvalue weighted by molar-refractivity contribution is 7.99. The molecule has 0 saturated heterocycles. The second-order valence-corrected chi connectivity index (χ2v) is 3.87. The molecule has 0 radical (unpaired) electrons. The van der Waals surface area contributed by atoms with Crippen molar-refractivity contribution in [3.8, 4) is 6.07 Å². The SMILES string of the molecule is N#Cc1ccnc(Sc2nc(N)cc(=O)[nH]2)n1. The van der Waals surface area contributed by atoms with Gasteiger partial charge in [-0.3, -0.25) is 4.79 Å². The molecule has 0 bridgehead atoms. The van der Waals surface area contributed by atoms with Gasteiger partial charge in [-0.25, -0.2) is 15.0 Å². The van der Waals surface area contributed by atoms with Gasteiger partial charge in [0, 0.05) is 12.3 Å². The molecule has 0 unspecified atom stereocenters. The van der Waals surface area contributed by atoms with Crippen molar-refractivity contribution in [1.29, 1.82) is 5.26 Å². The minimum atomic E-state index is -0.351. The Balaban J connectivity index is 2.31. The van der Waals surface area contributed by atoms with Gasteiger partial charge in [0.2, 0.25) is 0 Å². The molecule has 0 aliphatic rings. The Bertz CT molecular complexity index is 646. The third-order valence-corrected chi connectivity index (χ3v) is 2.44. The molecule has 0 aromatic carbocycles. The monoisotopic (exact) mass is 246 g/mol. The minimum absolute atomic E-state index is 0.118. The normalized spacial score (nSPS) is 9.82. The number of nitrogens with one attached hydrogen (secondary N) is 1. The third-order valence-electron chi connectivity index (χ3n) is 1.68. The van der Waals surface area contributed by atoms with E-state index in [0.29, 0.717) is 5.16 Å². The van der Waals surface area contributed by atoms with Crippen LogP contribution in [-0.4, -0.2) is 19.9 Å². The second-order valence-electron chi connectivity index (χ2n) is 2.91. The van der Waals surface area contributed by atoms with Crippen molar-refractivity contribution < 1.29 is 0 Å². The maximum atomic E-state index is 11.1. The lowest BCUT2D eigenvalue weighted by molar-refractivity contribution is 0.910. The van der Waals surface area contributed by atoms with Crippen LogP contribution in [-0.2, 0) is 0 Å². The molecule has 2 rings (SSSR count). The largest absolute Gasteiger partial charge is 0.383 e. The average Bonchev–Trinajstić information content (AvgIpc) is 2.28. The van der Waals surface area contributed by atoms with E-state index in [2.05, 4.69) is 19.9 Å². The Labute approximate surface area is 99.7 Å². The number of nitrogen functional groups attached to an aromatic ring is 1. The fourth-order valence-electron chi connectivity index (χ4n) is 1.04. The van der Waals surface area contributed by atoms with Crippen molar-refractivity contribution >= 4 is 17.6 Å². The van der Waals surface area contributed by atoms with Gasteiger partial charge in [0.25, 0.3) is 5.56 Å². The number of nitrogens with two attached hydrogens (primary N) is 1. The van der Waals surface area contributed by atoms with E-state index in [9.17, 15) is 4.79 Å². The van der Waals surface area contributed by atoms with Crippen LogP contribution >= 0.6 is 11.8 Å². The highest BCUT2D eigenvalue weighted by Crippen LogP contribution is 2.19. The van der Waals surface area contributed by atoms with E-state index in [4.69, 9.17) is 11.0 Å². The molecule has 0 aliphatic heterocycles. The Morgan fingerprint density at radius 1 is 1.47 bits per heavy atom. The van der Waals surface area contributed by atoms with E-state index < -0.39 is 0 Å². The van der Waals surface area contributed by atoms with Gasteiger partial charge in [0.15, 0.2) is 10.3 Å². The van der Waals surface area contributed by atoms with Crippen LogP contribution in [0.1, 0.15) is 5.69 Å². The molecule has 0 aliphatic carbocycles. The first-order valence-corrected chi connectivity index (χ1v) is 5.27. The van der Waals surface area contributed by atoms with Crippen LogP contribution in [0.5, 0.6) is 0 Å². The van der Waals surface area contributed by atoms with E-state index in [1.54, 1.807) is 0 Å². The van der Waals surface area contributed by atoms with Gasteiger partial charge in [-0.1, -0.05) is 0 Å². The second kappa shape index (κ2) is 4.63. The predicted molar refractivity (Wildman–Crippen MR) is 60.1 cm³/mol. The van der Waals surface area contributed by atoms with Crippen molar-refractivity contribution in [2.75, 3.05) is 5.73 Å². The predicted octanol–water partition coefficient (Wildman–Crippen LogP) is 0.165. The number of hydrogen-bond acceptors (Lipinski definition) is 7. The Kier molecular flexibility index (Phi) is 3.02. The summed E-state index contributed by atoms with van der Waals surface area (Å²) >= 11 is 1.03. The van der Waals surface area contributed by atoms with Crippen LogP contribution in [0.3, 0.4) is 0 Å². The first-order chi connectivity index (χ1) is 8.17. The number of anilines is 1. The van der Waals surface area contributed by atoms with Gasteiger partial charge in [0.1, 0.15) is 17.6 Å². The minimum Gasteiger partial charge on any atom is -0.383 e. The fraction of sp³-hybridized carbons (Fsp3) is 0. The number of hydrogen-bond donors (Lipinski definition) is 2. The molecule has 8 heteroatoms. The summed E-state index contributed by atoms with van der Waals surface area (Å²) in [5.74, 6) is 0.118. The molecule has 2 aromatic heterocycles. The fourth-order valence-corrected chi connectivity index (χ4v) is 1.77. The van der Waals surface area contributed by atoms with Crippen molar-refractivity contribution in [3.63, 3.8) is 0 Å². The Morgan fingerprint density at radius 2 is 2.29 bits per heavy atom. The summed E-state index contributed by atoms with van der Waals surface area (Å²) in [6, 6.07) is 4.56. The van der Waals surface area contributed by atoms with Gasteiger partial charge >= 0.3 is 0 Å². The molecular weight excluding hydrogens is 240 g/mol. The maximum Gasteiger partial charge on any atom is 0.253 e. The zero-order valence-electron chi connectivity index (χ0n) is 8.41. The molecule has 0 saturated carbocycles. The number of nitrogens with zero attached hydrogens (tertiary/aromatic N) is 4. The molecule has 0 fully saturated rings. The van der Waals surface area contributed by atoms with Crippen molar-refractivity contribution in [1.82, 2.24) is 19.9 Å². The van der Waals surface area contributed by atoms with Crippen LogP contribution in [0.4, 0.5) is 5.82 Å². The van der Waals surface area contributed by atoms with Crippen LogP contribution in [0.2, 0.25) is 0 Å². The highest BCUT2D eigenvalue weighted by Gasteiger charge is 2.05. The van der Waals surface area contributed by atoms with E-state index in [-0.39, 0.29) is 22.2 Å². The van der Waals surface area contributed by atoms with Crippen molar-refractivity contribution in [2.45, 2.75) is 10.3 Å². The lowest BCUT2D eigenvalue weighted by Crippen LogP contribution is -2.09. The topological polar surface area (TPSA) is 121 Å². The van der Waals surface area contributed by atoms with Crippen molar-refractivity contribution in [2.24, 2.45) is 0 Å². The Morgan fingerprint density at radius 3 is 3.00 bits per heavy atom. The summed E-state index contributed by atoms with van der Waals surface area (Å²) < 4.78 is 0. The smallest absolute Gasteiger partial charge is 0.253 e. The molecule has 84 valence electrons. The summed E-state index contributed by atoms with van der Waals surface area (Å²) in [4.78, 5) is 25.4. The summed E-state index contributed by atoms with van der Waals surface area (Å²) in [7, 11) is 0. The van der Waals surface area contributed by atoms with Crippen molar-refractivity contribution in [3.05, 3.63) is 34.4 Å². The van der Waals surface area contributed by atoms with E-state index in [0.717, 1.165) is 11.8 Å².